The molecule has 3 heterocycles. The molecule has 0 radical (unpaired) electrons. The zero-order valence-electron chi connectivity index (χ0n) is 18.8. The number of aromatic nitrogens is 2. The van der Waals surface area contributed by atoms with Gasteiger partial charge in [-0.15, -0.1) is 0 Å². The monoisotopic (exact) mass is 470 g/mol. The van der Waals surface area contributed by atoms with E-state index < -0.39 is 10.0 Å². The van der Waals surface area contributed by atoms with Gasteiger partial charge in [0.15, 0.2) is 0 Å². The van der Waals surface area contributed by atoms with Crippen molar-refractivity contribution in [2.24, 2.45) is 0 Å². The van der Waals surface area contributed by atoms with Gasteiger partial charge in [0, 0.05) is 45.1 Å². The number of hydrogen-bond acceptors (Lipinski definition) is 5. The van der Waals surface area contributed by atoms with Crippen LogP contribution in [-0.2, 0) is 42.7 Å². The maximum Gasteiger partial charge on any atom is 0.243 e. The molecule has 0 fully saturated rings. The van der Waals surface area contributed by atoms with Crippen LogP contribution in [0.1, 0.15) is 28.1 Å². The van der Waals surface area contributed by atoms with E-state index in [2.05, 4.69) is 14.9 Å². The Balaban J connectivity index is 1.32. The Bertz CT molecular complexity index is 1280. The Morgan fingerprint density at radius 3 is 1.71 bits per heavy atom. The first kappa shape index (κ1) is 22.4. The molecule has 0 unspecified atom stereocenters. The molecule has 1 aliphatic rings. The summed E-state index contributed by atoms with van der Waals surface area (Å²) < 4.78 is 28.0. The zero-order valence-corrected chi connectivity index (χ0v) is 19.6. The highest BCUT2D eigenvalue weighted by Crippen LogP contribution is 2.28. The molecule has 34 heavy (non-hydrogen) atoms. The Kier molecular flexibility index (Phi) is 6.49. The SMILES string of the molecule is O=S(=O)(c1ccc(CN(Cc2ccccn2)Cc2ccccn2)cc1)N1Cc2ccccc2C1. The van der Waals surface area contributed by atoms with Gasteiger partial charge in [0.2, 0.25) is 10.0 Å². The normalized spacial score (nSPS) is 13.8. The maximum absolute atomic E-state index is 13.2. The van der Waals surface area contributed by atoms with Gasteiger partial charge >= 0.3 is 0 Å². The van der Waals surface area contributed by atoms with E-state index in [0.29, 0.717) is 37.6 Å². The Morgan fingerprint density at radius 1 is 0.676 bits per heavy atom. The Morgan fingerprint density at radius 2 is 1.21 bits per heavy atom. The number of pyridine rings is 2. The van der Waals surface area contributed by atoms with Crippen LogP contribution in [0.2, 0.25) is 0 Å². The Hall–Kier alpha value is -3.39. The summed E-state index contributed by atoms with van der Waals surface area (Å²) >= 11 is 0. The summed E-state index contributed by atoms with van der Waals surface area (Å²) in [5.41, 5.74) is 5.14. The molecule has 172 valence electrons. The minimum atomic E-state index is -3.55. The van der Waals surface area contributed by atoms with Crippen molar-refractivity contribution in [3.05, 3.63) is 125 Å². The molecule has 5 rings (SSSR count). The van der Waals surface area contributed by atoms with Crippen LogP contribution < -0.4 is 0 Å². The third kappa shape index (κ3) is 5.07. The fourth-order valence-electron chi connectivity index (χ4n) is 4.26. The van der Waals surface area contributed by atoms with Crippen molar-refractivity contribution in [2.75, 3.05) is 0 Å². The number of fused-ring (bicyclic) bond motifs is 1. The molecule has 1 aliphatic heterocycles. The highest BCUT2D eigenvalue weighted by Gasteiger charge is 2.30. The smallest absolute Gasteiger partial charge is 0.243 e. The molecule has 0 atom stereocenters. The summed E-state index contributed by atoms with van der Waals surface area (Å²) in [5.74, 6) is 0. The van der Waals surface area contributed by atoms with Crippen molar-refractivity contribution < 1.29 is 8.42 Å². The minimum absolute atomic E-state index is 0.324. The lowest BCUT2D eigenvalue weighted by atomic mass is 10.1. The van der Waals surface area contributed by atoms with Crippen LogP contribution in [0.5, 0.6) is 0 Å². The molecule has 6 nitrogen and oxygen atoms in total. The van der Waals surface area contributed by atoms with Gasteiger partial charge in [-0.05, 0) is 53.1 Å². The van der Waals surface area contributed by atoms with E-state index in [-0.39, 0.29) is 0 Å². The summed E-state index contributed by atoms with van der Waals surface area (Å²) in [5, 5.41) is 0. The maximum atomic E-state index is 13.2. The summed E-state index contributed by atoms with van der Waals surface area (Å²) in [4.78, 5) is 11.5. The molecule has 4 aromatic rings. The predicted octanol–water partition coefficient (Wildman–Crippen LogP) is 4.38. The van der Waals surface area contributed by atoms with Crippen molar-refractivity contribution in [1.29, 1.82) is 0 Å². The standard InChI is InChI=1S/C27H26N4O2S/c32-34(33,31-18-23-7-1-2-8-24(23)19-31)27-13-11-22(12-14-27)17-30(20-25-9-3-5-15-28-25)21-26-10-4-6-16-29-26/h1-16H,17-21H2. The molecule has 2 aromatic heterocycles. The number of rotatable bonds is 8. The number of benzene rings is 2. The van der Waals surface area contributed by atoms with Gasteiger partial charge in [-0.3, -0.25) is 14.9 Å². The molecule has 7 heteroatoms. The molecule has 0 spiro atoms. The second kappa shape index (κ2) is 9.85. The van der Waals surface area contributed by atoms with Crippen molar-refractivity contribution in [1.82, 2.24) is 19.2 Å². The molecular formula is C27H26N4O2S. The number of nitrogens with zero attached hydrogens (tertiary/aromatic N) is 4. The van der Waals surface area contributed by atoms with Gasteiger partial charge < -0.3 is 0 Å². The summed E-state index contributed by atoms with van der Waals surface area (Å²) in [6.45, 7) is 2.83. The van der Waals surface area contributed by atoms with E-state index in [9.17, 15) is 8.42 Å². The summed E-state index contributed by atoms with van der Waals surface area (Å²) in [6.07, 6.45) is 3.59. The van der Waals surface area contributed by atoms with Gasteiger partial charge in [-0.25, -0.2) is 8.42 Å². The van der Waals surface area contributed by atoms with Gasteiger partial charge in [-0.2, -0.15) is 4.31 Å². The van der Waals surface area contributed by atoms with Gasteiger partial charge in [0.05, 0.1) is 16.3 Å². The number of sulfonamides is 1. The lowest BCUT2D eigenvalue weighted by Crippen LogP contribution is -2.26. The molecule has 2 aromatic carbocycles. The van der Waals surface area contributed by atoms with Crippen molar-refractivity contribution >= 4 is 10.0 Å². The lowest BCUT2D eigenvalue weighted by Gasteiger charge is -2.22. The highest BCUT2D eigenvalue weighted by atomic mass is 32.2. The van der Waals surface area contributed by atoms with Gasteiger partial charge in [0.1, 0.15) is 0 Å². The summed E-state index contributed by atoms with van der Waals surface area (Å²) in [6, 6.07) is 26.9. The zero-order chi connectivity index (χ0) is 23.4. The van der Waals surface area contributed by atoms with Crippen LogP contribution in [0.25, 0.3) is 0 Å². The second-order valence-corrected chi connectivity index (χ2v) is 10.4. The third-order valence-corrected chi connectivity index (χ3v) is 7.81. The van der Waals surface area contributed by atoms with Crippen LogP contribution >= 0.6 is 0 Å². The fourth-order valence-corrected chi connectivity index (χ4v) is 5.65. The lowest BCUT2D eigenvalue weighted by molar-refractivity contribution is 0.241. The average molecular weight is 471 g/mol. The molecule has 0 N–H and O–H groups in total. The molecule has 0 amide bonds. The van der Waals surface area contributed by atoms with E-state index in [1.165, 1.54) is 0 Å². The average Bonchev–Trinajstić information content (AvgIpc) is 3.31. The first-order valence-electron chi connectivity index (χ1n) is 11.3. The predicted molar refractivity (Wildman–Crippen MR) is 131 cm³/mol. The molecule has 0 saturated heterocycles. The second-order valence-electron chi connectivity index (χ2n) is 8.47. The molecular weight excluding hydrogens is 444 g/mol. The van der Waals surface area contributed by atoms with Crippen LogP contribution in [0, 0.1) is 0 Å². The van der Waals surface area contributed by atoms with Gasteiger partial charge in [-0.1, -0.05) is 48.5 Å². The fraction of sp³-hybridized carbons (Fsp3) is 0.185. The first-order chi connectivity index (χ1) is 16.6. The van der Waals surface area contributed by atoms with E-state index in [0.717, 1.165) is 28.1 Å². The van der Waals surface area contributed by atoms with Crippen molar-refractivity contribution in [3.63, 3.8) is 0 Å². The highest BCUT2D eigenvalue weighted by molar-refractivity contribution is 7.89. The van der Waals surface area contributed by atoms with E-state index in [4.69, 9.17) is 0 Å². The van der Waals surface area contributed by atoms with Crippen LogP contribution in [0.4, 0.5) is 0 Å². The molecule has 0 saturated carbocycles. The minimum Gasteiger partial charge on any atom is -0.287 e. The van der Waals surface area contributed by atoms with E-state index >= 15 is 0 Å². The summed E-state index contributed by atoms with van der Waals surface area (Å²) in [7, 11) is -3.55. The van der Waals surface area contributed by atoms with Crippen LogP contribution in [0.3, 0.4) is 0 Å². The van der Waals surface area contributed by atoms with Gasteiger partial charge in [0.25, 0.3) is 0 Å². The van der Waals surface area contributed by atoms with Crippen LogP contribution in [-0.4, -0.2) is 27.6 Å². The van der Waals surface area contributed by atoms with E-state index in [1.54, 1.807) is 28.8 Å². The van der Waals surface area contributed by atoms with Crippen molar-refractivity contribution in [2.45, 2.75) is 37.6 Å². The van der Waals surface area contributed by atoms with Crippen molar-refractivity contribution in [3.8, 4) is 0 Å². The topological polar surface area (TPSA) is 66.4 Å². The molecule has 0 aliphatic carbocycles. The first-order valence-corrected chi connectivity index (χ1v) is 12.7. The Labute approximate surface area is 200 Å². The number of hydrogen-bond donors (Lipinski definition) is 0. The van der Waals surface area contributed by atoms with Crippen LogP contribution in [0.15, 0.2) is 102 Å². The third-order valence-electron chi connectivity index (χ3n) is 6.00. The largest absolute Gasteiger partial charge is 0.287 e. The van der Waals surface area contributed by atoms with E-state index in [1.807, 2.05) is 72.8 Å². The quantitative estimate of drug-likeness (QED) is 0.382. The molecule has 0 bridgehead atoms.